The molecule has 0 aromatic heterocycles. The van der Waals surface area contributed by atoms with Gasteiger partial charge in [-0.15, -0.1) is 0 Å². The van der Waals surface area contributed by atoms with Crippen molar-refractivity contribution < 1.29 is 9.00 Å². The zero-order valence-corrected chi connectivity index (χ0v) is 11.9. The van der Waals surface area contributed by atoms with Crippen molar-refractivity contribution in [2.24, 2.45) is 0 Å². The van der Waals surface area contributed by atoms with Crippen LogP contribution in [0.3, 0.4) is 0 Å². The molecule has 100 valence electrons. The van der Waals surface area contributed by atoms with Crippen molar-refractivity contribution in [3.63, 3.8) is 0 Å². The Labute approximate surface area is 107 Å². The second-order valence-electron chi connectivity index (χ2n) is 4.96. The van der Waals surface area contributed by atoms with E-state index in [1.807, 2.05) is 0 Å². The van der Waals surface area contributed by atoms with Crippen molar-refractivity contribution in [2.75, 3.05) is 5.75 Å². The zero-order chi connectivity index (χ0) is 12.7. The molecule has 0 aliphatic heterocycles. The summed E-state index contributed by atoms with van der Waals surface area (Å²) in [6.45, 7) is 4.15. The number of nitrogens with one attached hydrogen (secondary N) is 1. The molecule has 0 radical (unpaired) electrons. The highest BCUT2D eigenvalue weighted by Gasteiger charge is 2.41. The predicted molar refractivity (Wildman–Crippen MR) is 72.4 cm³/mol. The number of rotatable bonds is 7. The van der Waals surface area contributed by atoms with Crippen LogP contribution in [-0.4, -0.2) is 27.2 Å². The van der Waals surface area contributed by atoms with Crippen molar-refractivity contribution in [3.8, 4) is 0 Å². The summed E-state index contributed by atoms with van der Waals surface area (Å²) in [5.41, 5.74) is -0.200. The van der Waals surface area contributed by atoms with Gasteiger partial charge in [0, 0.05) is 16.6 Å². The summed E-state index contributed by atoms with van der Waals surface area (Å²) in [6, 6.07) is 0. The van der Waals surface area contributed by atoms with Gasteiger partial charge in [0.1, 0.15) is 0 Å². The summed E-state index contributed by atoms with van der Waals surface area (Å²) in [4.78, 5) is 10.9. The first-order valence-corrected chi connectivity index (χ1v) is 8.17. The quantitative estimate of drug-likeness (QED) is 0.714. The van der Waals surface area contributed by atoms with Crippen molar-refractivity contribution in [1.82, 2.24) is 5.32 Å². The highest BCUT2D eigenvalue weighted by molar-refractivity contribution is 7.85. The molecule has 0 spiro atoms. The van der Waals surface area contributed by atoms with E-state index in [1.54, 1.807) is 0 Å². The second kappa shape index (κ2) is 7.14. The average molecular weight is 259 g/mol. The normalized spacial score (nSPS) is 22.7. The first-order chi connectivity index (χ1) is 8.20. The van der Waals surface area contributed by atoms with Gasteiger partial charge in [-0.1, -0.05) is 33.1 Å². The fourth-order valence-electron chi connectivity index (χ4n) is 3.03. The highest BCUT2D eigenvalue weighted by Crippen LogP contribution is 2.34. The number of hydrogen-bond donors (Lipinski definition) is 1. The largest absolute Gasteiger partial charge is 0.352 e. The molecule has 1 N–H and O–H groups in total. The van der Waals surface area contributed by atoms with Crippen LogP contribution in [0.2, 0.25) is 0 Å². The molecule has 2 atom stereocenters. The molecule has 1 fully saturated rings. The molecule has 3 nitrogen and oxygen atoms in total. The third-order valence-electron chi connectivity index (χ3n) is 3.80. The molecule has 1 aliphatic rings. The van der Waals surface area contributed by atoms with Crippen LogP contribution in [0.25, 0.3) is 0 Å². The molecular weight excluding hydrogens is 234 g/mol. The zero-order valence-electron chi connectivity index (χ0n) is 11.0. The Hall–Kier alpha value is -0.380. The molecule has 0 bridgehead atoms. The number of hydrogen-bond acceptors (Lipinski definition) is 2. The first-order valence-electron chi connectivity index (χ1n) is 6.78. The minimum atomic E-state index is -0.818. The third kappa shape index (κ3) is 3.54. The minimum absolute atomic E-state index is 0.118. The summed E-state index contributed by atoms with van der Waals surface area (Å²) in [6.07, 6.45) is 8.12. The van der Waals surface area contributed by atoms with Gasteiger partial charge in [-0.05, 0) is 25.7 Å². The van der Waals surface area contributed by atoms with Crippen LogP contribution in [0.15, 0.2) is 0 Å². The van der Waals surface area contributed by atoms with Gasteiger partial charge in [0.25, 0.3) is 0 Å². The summed E-state index contributed by atoms with van der Waals surface area (Å²) < 4.78 is 12.3. The molecule has 1 saturated carbocycles. The molecular formula is C13H25NO2S. The summed E-state index contributed by atoms with van der Waals surface area (Å²) in [7, 11) is -0.818. The molecule has 0 saturated heterocycles. The van der Waals surface area contributed by atoms with Gasteiger partial charge in [-0.2, -0.15) is 0 Å². The molecule has 1 amide bonds. The SMILES string of the molecule is CCCS(=O)C(CC)C1(NC=O)CCCCC1. The Bertz CT molecular complexity index is 262. The third-order valence-corrected chi connectivity index (χ3v) is 6.03. The van der Waals surface area contributed by atoms with Gasteiger partial charge in [-0.25, -0.2) is 0 Å². The van der Waals surface area contributed by atoms with Gasteiger partial charge in [0.05, 0.1) is 10.8 Å². The Kier molecular flexibility index (Phi) is 6.17. The molecule has 1 aliphatic carbocycles. The second-order valence-corrected chi connectivity index (χ2v) is 6.70. The first kappa shape index (κ1) is 14.7. The topological polar surface area (TPSA) is 46.2 Å². The lowest BCUT2D eigenvalue weighted by Gasteiger charge is -2.42. The van der Waals surface area contributed by atoms with Crippen LogP contribution in [0.1, 0.15) is 58.8 Å². The van der Waals surface area contributed by atoms with Crippen LogP contribution in [0.5, 0.6) is 0 Å². The molecule has 4 heteroatoms. The van der Waals surface area contributed by atoms with Crippen LogP contribution >= 0.6 is 0 Å². The summed E-state index contributed by atoms with van der Waals surface area (Å²) in [5, 5.41) is 3.13. The number of amides is 1. The van der Waals surface area contributed by atoms with E-state index < -0.39 is 10.8 Å². The van der Waals surface area contributed by atoms with Crippen molar-refractivity contribution in [2.45, 2.75) is 69.6 Å². The fourth-order valence-corrected chi connectivity index (χ4v) is 4.90. The van der Waals surface area contributed by atoms with E-state index >= 15 is 0 Å². The Morgan fingerprint density at radius 1 is 1.29 bits per heavy atom. The molecule has 0 aromatic carbocycles. The fraction of sp³-hybridized carbons (Fsp3) is 0.923. The van der Waals surface area contributed by atoms with Gasteiger partial charge < -0.3 is 5.32 Å². The summed E-state index contributed by atoms with van der Waals surface area (Å²) in [5.74, 6) is 0.751. The molecule has 0 heterocycles. The lowest BCUT2D eigenvalue weighted by molar-refractivity contribution is -0.111. The highest BCUT2D eigenvalue weighted by atomic mass is 32.2. The maximum Gasteiger partial charge on any atom is 0.207 e. The standard InChI is InChI=1S/C13H25NO2S/c1-3-10-17(16)12(4-2)13(14-11-15)8-6-5-7-9-13/h11-12H,3-10H2,1-2H3,(H,14,15). The monoisotopic (exact) mass is 259 g/mol. The van der Waals surface area contributed by atoms with Crippen molar-refractivity contribution in [3.05, 3.63) is 0 Å². The van der Waals surface area contributed by atoms with E-state index in [9.17, 15) is 9.00 Å². The van der Waals surface area contributed by atoms with Crippen molar-refractivity contribution >= 4 is 17.2 Å². The van der Waals surface area contributed by atoms with E-state index in [-0.39, 0.29) is 10.8 Å². The van der Waals surface area contributed by atoms with Crippen LogP contribution in [0.4, 0.5) is 0 Å². The molecule has 0 aromatic rings. The molecule has 17 heavy (non-hydrogen) atoms. The summed E-state index contributed by atoms with van der Waals surface area (Å²) >= 11 is 0. The Balaban J connectivity index is 2.84. The predicted octanol–water partition coefficient (Wildman–Crippen LogP) is 2.37. The number of carbonyl (C=O) groups is 1. The molecule has 1 rings (SSSR count). The average Bonchev–Trinajstić information content (AvgIpc) is 2.31. The lowest BCUT2D eigenvalue weighted by atomic mass is 9.78. The Morgan fingerprint density at radius 2 is 1.94 bits per heavy atom. The van der Waals surface area contributed by atoms with Crippen LogP contribution in [-0.2, 0) is 15.6 Å². The van der Waals surface area contributed by atoms with Crippen molar-refractivity contribution in [1.29, 1.82) is 0 Å². The van der Waals surface area contributed by atoms with Crippen LogP contribution in [0, 0.1) is 0 Å². The Morgan fingerprint density at radius 3 is 2.41 bits per heavy atom. The lowest BCUT2D eigenvalue weighted by Crippen LogP contribution is -2.56. The number of carbonyl (C=O) groups excluding carboxylic acids is 1. The molecule has 2 unspecified atom stereocenters. The smallest absolute Gasteiger partial charge is 0.207 e. The maximum atomic E-state index is 12.3. The van der Waals surface area contributed by atoms with Gasteiger partial charge >= 0.3 is 0 Å². The van der Waals surface area contributed by atoms with Gasteiger partial charge in [-0.3, -0.25) is 9.00 Å². The van der Waals surface area contributed by atoms with E-state index in [0.717, 1.165) is 50.7 Å². The van der Waals surface area contributed by atoms with E-state index in [4.69, 9.17) is 0 Å². The van der Waals surface area contributed by atoms with Gasteiger partial charge in [0.15, 0.2) is 0 Å². The minimum Gasteiger partial charge on any atom is -0.352 e. The van der Waals surface area contributed by atoms with E-state index in [1.165, 1.54) is 6.42 Å². The maximum absolute atomic E-state index is 12.3. The van der Waals surface area contributed by atoms with Gasteiger partial charge in [0.2, 0.25) is 6.41 Å². The van der Waals surface area contributed by atoms with E-state index in [2.05, 4.69) is 19.2 Å². The van der Waals surface area contributed by atoms with E-state index in [0.29, 0.717) is 0 Å². The van der Waals surface area contributed by atoms with Crippen LogP contribution < -0.4 is 5.32 Å².